The van der Waals surface area contributed by atoms with E-state index in [1.54, 1.807) is 12.1 Å². The van der Waals surface area contributed by atoms with Crippen molar-refractivity contribution in [1.82, 2.24) is 0 Å². The van der Waals surface area contributed by atoms with Gasteiger partial charge in [0.25, 0.3) is 0 Å². The summed E-state index contributed by atoms with van der Waals surface area (Å²) in [6.07, 6.45) is 1.87. The van der Waals surface area contributed by atoms with Crippen molar-refractivity contribution in [3.63, 3.8) is 0 Å². The lowest BCUT2D eigenvalue weighted by molar-refractivity contribution is -0.137. The summed E-state index contributed by atoms with van der Waals surface area (Å²) in [5.41, 5.74) is 1.25. The average molecular weight is 263 g/mol. The molecule has 0 radical (unpaired) electrons. The molecule has 1 atom stereocenters. The van der Waals surface area contributed by atoms with Gasteiger partial charge in [0.1, 0.15) is 0 Å². The molecule has 5 heteroatoms. The van der Waals surface area contributed by atoms with E-state index in [1.165, 1.54) is 7.11 Å². The first-order valence-corrected chi connectivity index (χ1v) is 6.29. The molecule has 19 heavy (non-hydrogen) atoms. The number of carboxylic acids is 1. The minimum atomic E-state index is -0.813. The van der Waals surface area contributed by atoms with Gasteiger partial charge in [-0.05, 0) is 25.0 Å². The van der Waals surface area contributed by atoms with Crippen molar-refractivity contribution in [2.24, 2.45) is 0 Å². The number of rotatable bonds is 4. The maximum atomic E-state index is 11.8. The Kier molecular flexibility index (Phi) is 4.04. The van der Waals surface area contributed by atoms with Crippen LogP contribution in [0.4, 0.5) is 5.69 Å². The zero-order chi connectivity index (χ0) is 13.8. The number of esters is 1. The van der Waals surface area contributed by atoms with E-state index in [2.05, 4.69) is 0 Å². The van der Waals surface area contributed by atoms with Gasteiger partial charge in [0.2, 0.25) is 0 Å². The summed E-state index contributed by atoms with van der Waals surface area (Å²) in [6.45, 7) is 0.770. The number of aliphatic carboxylic acids is 1. The van der Waals surface area contributed by atoms with E-state index in [1.807, 2.05) is 17.0 Å². The molecule has 0 aliphatic carbocycles. The molecular weight excluding hydrogens is 246 g/mol. The van der Waals surface area contributed by atoms with E-state index in [-0.39, 0.29) is 12.5 Å². The molecule has 1 unspecified atom stereocenters. The SMILES string of the molecule is COC(=O)c1ccccc1N1CCCC1CC(=O)O. The molecule has 0 bridgehead atoms. The van der Waals surface area contributed by atoms with Gasteiger partial charge in [-0.3, -0.25) is 4.79 Å². The van der Waals surface area contributed by atoms with Gasteiger partial charge >= 0.3 is 11.9 Å². The van der Waals surface area contributed by atoms with E-state index in [0.717, 1.165) is 25.1 Å². The van der Waals surface area contributed by atoms with Crippen molar-refractivity contribution in [3.8, 4) is 0 Å². The van der Waals surface area contributed by atoms with E-state index in [4.69, 9.17) is 9.84 Å². The number of nitrogens with zero attached hydrogens (tertiary/aromatic N) is 1. The molecule has 0 spiro atoms. The molecule has 0 saturated carbocycles. The number of hydrogen-bond acceptors (Lipinski definition) is 4. The summed E-state index contributed by atoms with van der Waals surface area (Å²) in [5.74, 6) is -1.20. The third kappa shape index (κ3) is 2.86. The molecule has 0 amide bonds. The minimum absolute atomic E-state index is 0.0525. The normalized spacial score (nSPS) is 18.4. The Morgan fingerprint density at radius 3 is 2.84 bits per heavy atom. The summed E-state index contributed by atoms with van der Waals surface area (Å²) in [7, 11) is 1.35. The highest BCUT2D eigenvalue weighted by Crippen LogP contribution is 2.30. The molecule has 1 aromatic rings. The van der Waals surface area contributed by atoms with Crippen LogP contribution in [0.3, 0.4) is 0 Å². The molecule has 2 rings (SSSR count). The van der Waals surface area contributed by atoms with Crippen LogP contribution >= 0.6 is 0 Å². The summed E-state index contributed by atoms with van der Waals surface area (Å²) in [6, 6.07) is 7.11. The predicted octanol–water partition coefficient (Wildman–Crippen LogP) is 1.92. The third-order valence-corrected chi connectivity index (χ3v) is 3.41. The van der Waals surface area contributed by atoms with Crippen LogP contribution < -0.4 is 4.90 Å². The fraction of sp³-hybridized carbons (Fsp3) is 0.429. The van der Waals surface area contributed by atoms with E-state index < -0.39 is 11.9 Å². The number of carboxylic acid groups (broad SMARTS) is 1. The van der Waals surface area contributed by atoms with Crippen molar-refractivity contribution >= 4 is 17.6 Å². The fourth-order valence-electron chi connectivity index (χ4n) is 2.57. The number of hydrogen-bond donors (Lipinski definition) is 1. The van der Waals surface area contributed by atoms with Gasteiger partial charge < -0.3 is 14.7 Å². The van der Waals surface area contributed by atoms with Crippen molar-refractivity contribution in [1.29, 1.82) is 0 Å². The van der Waals surface area contributed by atoms with Crippen molar-refractivity contribution in [3.05, 3.63) is 29.8 Å². The molecule has 0 aromatic heterocycles. The molecule has 1 aliphatic heterocycles. The molecular formula is C14H17NO4. The number of carbonyl (C=O) groups is 2. The Bertz CT molecular complexity index is 486. The summed E-state index contributed by atoms with van der Waals surface area (Å²) in [5, 5.41) is 8.94. The van der Waals surface area contributed by atoms with Crippen LogP contribution in [-0.2, 0) is 9.53 Å². The Morgan fingerprint density at radius 1 is 1.42 bits per heavy atom. The number of methoxy groups -OCH3 is 1. The molecule has 5 nitrogen and oxygen atoms in total. The van der Waals surface area contributed by atoms with Crippen LogP contribution in [0.15, 0.2) is 24.3 Å². The maximum Gasteiger partial charge on any atom is 0.339 e. The molecule has 1 aliphatic rings. The number of anilines is 1. The van der Waals surface area contributed by atoms with Gasteiger partial charge in [-0.15, -0.1) is 0 Å². The summed E-state index contributed by atoms with van der Waals surface area (Å²) < 4.78 is 4.77. The first-order chi connectivity index (χ1) is 9.13. The number of para-hydroxylation sites is 1. The number of ether oxygens (including phenoxy) is 1. The number of carbonyl (C=O) groups excluding carboxylic acids is 1. The van der Waals surface area contributed by atoms with Crippen molar-refractivity contribution < 1.29 is 19.4 Å². The molecule has 1 heterocycles. The Balaban J connectivity index is 2.30. The second-order valence-corrected chi connectivity index (χ2v) is 4.60. The first-order valence-electron chi connectivity index (χ1n) is 6.29. The Labute approximate surface area is 111 Å². The monoisotopic (exact) mass is 263 g/mol. The second kappa shape index (κ2) is 5.73. The highest BCUT2D eigenvalue weighted by atomic mass is 16.5. The Morgan fingerprint density at radius 2 is 2.16 bits per heavy atom. The van der Waals surface area contributed by atoms with Crippen LogP contribution in [0.1, 0.15) is 29.6 Å². The lowest BCUT2D eigenvalue weighted by Gasteiger charge is -2.27. The first kappa shape index (κ1) is 13.4. The largest absolute Gasteiger partial charge is 0.481 e. The highest BCUT2D eigenvalue weighted by Gasteiger charge is 2.29. The molecule has 102 valence electrons. The quantitative estimate of drug-likeness (QED) is 0.841. The minimum Gasteiger partial charge on any atom is -0.481 e. The summed E-state index contributed by atoms with van der Waals surface area (Å²) in [4.78, 5) is 24.6. The second-order valence-electron chi connectivity index (χ2n) is 4.60. The van der Waals surface area contributed by atoms with E-state index in [0.29, 0.717) is 5.56 Å². The lowest BCUT2D eigenvalue weighted by atomic mass is 10.1. The number of benzene rings is 1. The van der Waals surface area contributed by atoms with Gasteiger partial charge in [-0.1, -0.05) is 12.1 Å². The fourth-order valence-corrected chi connectivity index (χ4v) is 2.57. The average Bonchev–Trinajstić information content (AvgIpc) is 2.85. The summed E-state index contributed by atoms with van der Waals surface area (Å²) >= 11 is 0. The molecule has 1 saturated heterocycles. The smallest absolute Gasteiger partial charge is 0.339 e. The van der Waals surface area contributed by atoms with Crippen molar-refractivity contribution in [2.75, 3.05) is 18.6 Å². The zero-order valence-corrected chi connectivity index (χ0v) is 10.8. The topological polar surface area (TPSA) is 66.8 Å². The van der Waals surface area contributed by atoms with Gasteiger partial charge in [-0.25, -0.2) is 4.79 Å². The standard InChI is InChI=1S/C14H17NO4/c1-19-14(18)11-6-2-3-7-12(11)15-8-4-5-10(15)9-13(16)17/h2-3,6-7,10H,4-5,8-9H2,1H3,(H,16,17). The molecule has 1 fully saturated rings. The maximum absolute atomic E-state index is 11.8. The van der Waals surface area contributed by atoms with Gasteiger partial charge in [0, 0.05) is 12.6 Å². The van der Waals surface area contributed by atoms with Crippen LogP contribution in [0, 0.1) is 0 Å². The van der Waals surface area contributed by atoms with Gasteiger partial charge in [-0.2, -0.15) is 0 Å². The zero-order valence-electron chi connectivity index (χ0n) is 10.8. The van der Waals surface area contributed by atoms with Crippen LogP contribution in [0.2, 0.25) is 0 Å². The van der Waals surface area contributed by atoms with Gasteiger partial charge in [0.15, 0.2) is 0 Å². The van der Waals surface area contributed by atoms with Crippen LogP contribution in [-0.4, -0.2) is 36.7 Å². The highest BCUT2D eigenvalue weighted by molar-refractivity contribution is 5.96. The third-order valence-electron chi connectivity index (χ3n) is 3.41. The molecule has 1 N–H and O–H groups in total. The van der Waals surface area contributed by atoms with E-state index >= 15 is 0 Å². The molecule has 1 aromatic carbocycles. The van der Waals surface area contributed by atoms with Gasteiger partial charge in [0.05, 0.1) is 24.8 Å². The Hall–Kier alpha value is -2.04. The van der Waals surface area contributed by atoms with E-state index in [9.17, 15) is 9.59 Å². The van der Waals surface area contributed by atoms with Crippen LogP contribution in [0.25, 0.3) is 0 Å². The van der Waals surface area contributed by atoms with Crippen LogP contribution in [0.5, 0.6) is 0 Å². The lowest BCUT2D eigenvalue weighted by Crippen LogP contribution is -2.32. The van der Waals surface area contributed by atoms with Crippen molar-refractivity contribution in [2.45, 2.75) is 25.3 Å². The predicted molar refractivity (Wildman–Crippen MR) is 70.4 cm³/mol.